The Hall–Kier alpha value is -2.47. The third-order valence-corrected chi connectivity index (χ3v) is 6.01. The van der Waals surface area contributed by atoms with E-state index in [-0.39, 0.29) is 11.9 Å². The number of carbonyl (C=O) groups is 1. The average molecular weight is 380 g/mol. The van der Waals surface area contributed by atoms with E-state index in [1.807, 2.05) is 32.1 Å². The SMILES string of the molecule is Cc1cncc(N2C[C@@H]3CN(C(=O)CN(C)C)[C@@H](c4ccccc4C)[C@@H]3C2)n1. The maximum atomic E-state index is 13.0. The lowest BCUT2D eigenvalue weighted by Gasteiger charge is -2.32. The van der Waals surface area contributed by atoms with Crippen molar-refractivity contribution in [3.8, 4) is 0 Å². The fourth-order valence-corrected chi connectivity index (χ4v) is 4.77. The summed E-state index contributed by atoms with van der Waals surface area (Å²) in [5, 5.41) is 0. The van der Waals surface area contributed by atoms with E-state index in [9.17, 15) is 4.79 Å². The van der Waals surface area contributed by atoms with E-state index in [0.717, 1.165) is 31.1 Å². The second kappa shape index (κ2) is 7.51. The van der Waals surface area contributed by atoms with Gasteiger partial charge in [0.25, 0.3) is 0 Å². The van der Waals surface area contributed by atoms with E-state index in [2.05, 4.69) is 51.0 Å². The number of hydrogen-bond donors (Lipinski definition) is 0. The number of likely N-dealkylation sites (N-methyl/N-ethyl adjacent to an activating group) is 1. The Kier molecular flexibility index (Phi) is 5.06. The highest BCUT2D eigenvalue weighted by molar-refractivity contribution is 5.79. The van der Waals surface area contributed by atoms with Gasteiger partial charge in [-0.05, 0) is 39.1 Å². The highest BCUT2D eigenvalue weighted by atomic mass is 16.2. The zero-order chi connectivity index (χ0) is 19.8. The van der Waals surface area contributed by atoms with Crippen molar-refractivity contribution >= 4 is 11.7 Å². The van der Waals surface area contributed by atoms with Crippen molar-refractivity contribution in [1.29, 1.82) is 0 Å². The number of likely N-dealkylation sites (tertiary alicyclic amines) is 1. The van der Waals surface area contributed by atoms with E-state index in [1.165, 1.54) is 11.1 Å². The first kappa shape index (κ1) is 18.9. The van der Waals surface area contributed by atoms with Gasteiger partial charge in [0.05, 0.1) is 24.5 Å². The van der Waals surface area contributed by atoms with Gasteiger partial charge >= 0.3 is 0 Å². The van der Waals surface area contributed by atoms with Crippen LogP contribution in [0, 0.1) is 25.7 Å². The first-order valence-corrected chi connectivity index (χ1v) is 9.97. The molecule has 28 heavy (non-hydrogen) atoms. The Morgan fingerprint density at radius 3 is 2.64 bits per heavy atom. The zero-order valence-corrected chi connectivity index (χ0v) is 17.2. The van der Waals surface area contributed by atoms with E-state index >= 15 is 0 Å². The summed E-state index contributed by atoms with van der Waals surface area (Å²) in [4.78, 5) is 28.4. The first-order valence-electron chi connectivity index (χ1n) is 9.97. The summed E-state index contributed by atoms with van der Waals surface area (Å²) in [6.07, 6.45) is 3.64. The molecule has 1 amide bonds. The summed E-state index contributed by atoms with van der Waals surface area (Å²) in [7, 11) is 3.91. The monoisotopic (exact) mass is 379 g/mol. The van der Waals surface area contributed by atoms with Gasteiger partial charge in [-0.1, -0.05) is 24.3 Å². The molecule has 1 aromatic carbocycles. The molecule has 0 N–H and O–H groups in total. The van der Waals surface area contributed by atoms with Crippen LogP contribution in [0.25, 0.3) is 0 Å². The summed E-state index contributed by atoms with van der Waals surface area (Å²) in [5.74, 6) is 2.03. The summed E-state index contributed by atoms with van der Waals surface area (Å²) in [5.41, 5.74) is 3.47. The number of aryl methyl sites for hydroxylation is 2. The largest absolute Gasteiger partial charge is 0.355 e. The number of benzene rings is 1. The normalized spacial score (nSPS) is 24.1. The highest BCUT2D eigenvalue weighted by Crippen LogP contribution is 2.46. The summed E-state index contributed by atoms with van der Waals surface area (Å²) in [6.45, 7) is 7.23. The molecule has 2 aliphatic heterocycles. The molecule has 2 aromatic rings. The lowest BCUT2D eigenvalue weighted by molar-refractivity contribution is -0.133. The second-order valence-corrected chi connectivity index (χ2v) is 8.43. The summed E-state index contributed by atoms with van der Waals surface area (Å²) < 4.78 is 0. The van der Waals surface area contributed by atoms with Crippen molar-refractivity contribution < 1.29 is 4.79 Å². The number of anilines is 1. The van der Waals surface area contributed by atoms with Crippen molar-refractivity contribution in [3.05, 3.63) is 53.5 Å². The van der Waals surface area contributed by atoms with Crippen LogP contribution in [0.1, 0.15) is 22.9 Å². The van der Waals surface area contributed by atoms with Crippen molar-refractivity contribution in [3.63, 3.8) is 0 Å². The predicted molar refractivity (Wildman–Crippen MR) is 110 cm³/mol. The third-order valence-electron chi connectivity index (χ3n) is 6.01. The van der Waals surface area contributed by atoms with Gasteiger partial charge < -0.3 is 14.7 Å². The molecule has 0 aliphatic carbocycles. The molecule has 0 saturated carbocycles. The van der Waals surface area contributed by atoms with E-state index in [4.69, 9.17) is 0 Å². The zero-order valence-electron chi connectivity index (χ0n) is 17.2. The first-order chi connectivity index (χ1) is 13.4. The van der Waals surface area contributed by atoms with Crippen LogP contribution in [0.4, 0.5) is 5.82 Å². The summed E-state index contributed by atoms with van der Waals surface area (Å²) in [6, 6.07) is 8.62. The van der Waals surface area contributed by atoms with Crippen LogP contribution in [0.3, 0.4) is 0 Å². The van der Waals surface area contributed by atoms with Crippen LogP contribution in [0.15, 0.2) is 36.7 Å². The van der Waals surface area contributed by atoms with Crippen molar-refractivity contribution in [2.75, 3.05) is 45.2 Å². The molecule has 4 rings (SSSR count). The summed E-state index contributed by atoms with van der Waals surface area (Å²) >= 11 is 0. The number of amides is 1. The standard InChI is InChI=1S/C22H29N5O/c1-15-7-5-6-8-18(15)22-19-13-26(20-10-23-9-16(2)24-20)11-17(19)12-27(22)21(28)14-25(3)4/h5-10,17,19,22H,11-14H2,1-4H3/t17-,19-,22+/m1/s1. The molecular formula is C22H29N5O. The Labute approximate surface area is 167 Å². The minimum atomic E-state index is 0.126. The molecule has 2 aliphatic rings. The maximum Gasteiger partial charge on any atom is 0.237 e. The fraction of sp³-hybridized carbons (Fsp3) is 0.500. The van der Waals surface area contributed by atoms with Crippen molar-refractivity contribution in [2.45, 2.75) is 19.9 Å². The highest BCUT2D eigenvalue weighted by Gasteiger charge is 2.49. The Morgan fingerprint density at radius 2 is 1.93 bits per heavy atom. The average Bonchev–Trinajstić information content (AvgIpc) is 3.20. The van der Waals surface area contributed by atoms with Crippen LogP contribution in [0.5, 0.6) is 0 Å². The van der Waals surface area contributed by atoms with Gasteiger partial charge in [-0.3, -0.25) is 9.78 Å². The molecule has 6 heteroatoms. The minimum absolute atomic E-state index is 0.126. The van der Waals surface area contributed by atoms with Gasteiger partial charge in [-0.15, -0.1) is 0 Å². The minimum Gasteiger partial charge on any atom is -0.355 e. The Morgan fingerprint density at radius 1 is 1.14 bits per heavy atom. The number of nitrogens with zero attached hydrogens (tertiary/aromatic N) is 5. The van der Waals surface area contributed by atoms with Crippen LogP contribution >= 0.6 is 0 Å². The van der Waals surface area contributed by atoms with Gasteiger partial charge in [0.1, 0.15) is 5.82 Å². The predicted octanol–water partition coefficient (Wildman–Crippen LogP) is 2.29. The molecule has 3 heterocycles. The molecule has 2 fully saturated rings. The quantitative estimate of drug-likeness (QED) is 0.816. The molecular weight excluding hydrogens is 350 g/mol. The molecule has 0 unspecified atom stereocenters. The fourth-order valence-electron chi connectivity index (χ4n) is 4.77. The molecule has 0 radical (unpaired) electrons. The number of fused-ring (bicyclic) bond motifs is 1. The van der Waals surface area contributed by atoms with Gasteiger partial charge in [0.15, 0.2) is 0 Å². The van der Waals surface area contributed by atoms with E-state index < -0.39 is 0 Å². The van der Waals surface area contributed by atoms with Crippen LogP contribution in [0.2, 0.25) is 0 Å². The molecule has 2 saturated heterocycles. The molecule has 6 nitrogen and oxygen atoms in total. The number of hydrogen-bond acceptors (Lipinski definition) is 5. The lowest BCUT2D eigenvalue weighted by Crippen LogP contribution is -2.40. The van der Waals surface area contributed by atoms with Gasteiger partial charge in [0.2, 0.25) is 5.91 Å². The number of carbonyl (C=O) groups excluding carboxylic acids is 1. The smallest absolute Gasteiger partial charge is 0.237 e. The van der Waals surface area contributed by atoms with Crippen LogP contribution < -0.4 is 4.90 Å². The van der Waals surface area contributed by atoms with Crippen molar-refractivity contribution in [1.82, 2.24) is 19.8 Å². The van der Waals surface area contributed by atoms with Gasteiger partial charge in [-0.2, -0.15) is 0 Å². The Balaban J connectivity index is 1.64. The third kappa shape index (κ3) is 3.49. The molecule has 3 atom stereocenters. The molecule has 0 spiro atoms. The number of aromatic nitrogens is 2. The van der Waals surface area contributed by atoms with Gasteiger partial charge in [0, 0.05) is 37.7 Å². The van der Waals surface area contributed by atoms with Crippen molar-refractivity contribution in [2.24, 2.45) is 11.8 Å². The van der Waals surface area contributed by atoms with Crippen LogP contribution in [-0.2, 0) is 4.79 Å². The van der Waals surface area contributed by atoms with E-state index in [0.29, 0.717) is 18.4 Å². The maximum absolute atomic E-state index is 13.0. The van der Waals surface area contributed by atoms with E-state index in [1.54, 1.807) is 6.20 Å². The Bertz CT molecular complexity index is 868. The number of rotatable bonds is 4. The second-order valence-electron chi connectivity index (χ2n) is 8.43. The molecule has 1 aromatic heterocycles. The topological polar surface area (TPSA) is 52.6 Å². The molecule has 148 valence electrons. The van der Waals surface area contributed by atoms with Gasteiger partial charge in [-0.25, -0.2) is 4.98 Å². The molecule has 0 bridgehead atoms. The van der Waals surface area contributed by atoms with Crippen LogP contribution in [-0.4, -0.2) is 65.9 Å². The lowest BCUT2D eigenvalue weighted by atomic mass is 9.87.